The average molecular weight is 285 g/mol. The molecule has 2 rings (SSSR count). The first-order valence-corrected chi connectivity index (χ1v) is 7.34. The predicted molar refractivity (Wildman–Crippen MR) is 74.6 cm³/mol. The van der Waals surface area contributed by atoms with Crippen LogP contribution in [0.4, 0.5) is 13.2 Å². The average Bonchev–Trinajstić information content (AvgIpc) is 2.89. The van der Waals surface area contributed by atoms with Gasteiger partial charge in [-0.2, -0.15) is 13.2 Å². The fraction of sp³-hybridized carbons (Fsp3) is 0.625. The molecule has 1 aromatic carbocycles. The minimum atomic E-state index is -4.26. The molecular weight excluding hydrogens is 263 g/mol. The van der Waals surface area contributed by atoms with Crippen LogP contribution in [0.3, 0.4) is 0 Å². The van der Waals surface area contributed by atoms with Crippen molar-refractivity contribution in [1.82, 2.24) is 5.32 Å². The van der Waals surface area contributed by atoms with Gasteiger partial charge in [-0.3, -0.25) is 0 Å². The smallest absolute Gasteiger partial charge is 0.310 e. The number of rotatable bonds is 4. The Bertz CT molecular complexity index is 448. The summed E-state index contributed by atoms with van der Waals surface area (Å²) < 4.78 is 38.2. The van der Waals surface area contributed by atoms with Crippen LogP contribution in [0.2, 0.25) is 0 Å². The monoisotopic (exact) mass is 285 g/mol. The molecule has 112 valence electrons. The molecule has 1 aliphatic rings. The third-order valence-electron chi connectivity index (χ3n) is 4.23. The van der Waals surface area contributed by atoms with E-state index in [0.29, 0.717) is 5.92 Å². The number of benzene rings is 1. The lowest BCUT2D eigenvalue weighted by molar-refractivity contribution is -0.137. The zero-order chi connectivity index (χ0) is 14.8. The van der Waals surface area contributed by atoms with Crippen molar-refractivity contribution in [2.45, 2.75) is 51.7 Å². The number of aryl methyl sites for hydroxylation is 1. The quantitative estimate of drug-likeness (QED) is 0.833. The topological polar surface area (TPSA) is 12.0 Å². The molecule has 0 amide bonds. The fourth-order valence-electron chi connectivity index (χ4n) is 3.24. The molecule has 1 N–H and O–H groups in total. The maximum atomic E-state index is 12.7. The van der Waals surface area contributed by atoms with Crippen molar-refractivity contribution < 1.29 is 13.2 Å². The van der Waals surface area contributed by atoms with Crippen LogP contribution in [-0.2, 0) is 6.18 Å². The fourth-order valence-corrected chi connectivity index (χ4v) is 3.24. The van der Waals surface area contributed by atoms with E-state index < -0.39 is 11.7 Å². The summed E-state index contributed by atoms with van der Waals surface area (Å²) in [5.74, 6) is 0.547. The van der Waals surface area contributed by atoms with Crippen LogP contribution in [-0.4, -0.2) is 6.54 Å². The third kappa shape index (κ3) is 3.35. The Hall–Kier alpha value is -1.03. The number of halogens is 3. The van der Waals surface area contributed by atoms with E-state index >= 15 is 0 Å². The number of hydrogen-bond acceptors (Lipinski definition) is 1. The molecule has 0 radical (unpaired) electrons. The van der Waals surface area contributed by atoms with Gasteiger partial charge in [-0.1, -0.05) is 25.8 Å². The molecule has 0 spiro atoms. The van der Waals surface area contributed by atoms with E-state index in [0.717, 1.165) is 30.5 Å². The van der Waals surface area contributed by atoms with Crippen LogP contribution < -0.4 is 5.32 Å². The van der Waals surface area contributed by atoms with Gasteiger partial charge in [-0.15, -0.1) is 0 Å². The van der Waals surface area contributed by atoms with E-state index in [1.807, 2.05) is 6.92 Å². The Morgan fingerprint density at radius 1 is 1.25 bits per heavy atom. The summed E-state index contributed by atoms with van der Waals surface area (Å²) in [4.78, 5) is 0. The second-order valence-electron chi connectivity index (χ2n) is 5.65. The first-order valence-electron chi connectivity index (χ1n) is 7.34. The summed E-state index contributed by atoms with van der Waals surface area (Å²) in [6, 6.07) is 4.32. The molecule has 4 heteroatoms. The number of hydrogen-bond donors (Lipinski definition) is 1. The van der Waals surface area contributed by atoms with Crippen LogP contribution in [0.1, 0.15) is 55.3 Å². The van der Waals surface area contributed by atoms with Gasteiger partial charge in [0.25, 0.3) is 0 Å². The maximum absolute atomic E-state index is 12.7. The zero-order valence-electron chi connectivity index (χ0n) is 12.1. The van der Waals surface area contributed by atoms with E-state index in [9.17, 15) is 13.2 Å². The van der Waals surface area contributed by atoms with E-state index in [1.165, 1.54) is 25.0 Å². The highest BCUT2D eigenvalue weighted by Gasteiger charge is 2.32. The SMILES string of the molecule is CCNC(c1ccc(C(F)(F)F)cc1C)C1CCCC1. The van der Waals surface area contributed by atoms with Crippen LogP contribution in [0.25, 0.3) is 0 Å². The number of nitrogens with one attached hydrogen (secondary N) is 1. The molecule has 0 saturated heterocycles. The van der Waals surface area contributed by atoms with Gasteiger partial charge in [0.05, 0.1) is 5.56 Å². The van der Waals surface area contributed by atoms with Gasteiger partial charge in [-0.25, -0.2) is 0 Å². The summed E-state index contributed by atoms with van der Waals surface area (Å²) in [5, 5.41) is 3.46. The van der Waals surface area contributed by atoms with Crippen molar-refractivity contribution in [3.8, 4) is 0 Å². The molecular formula is C16H22F3N. The van der Waals surface area contributed by atoms with Gasteiger partial charge in [0.1, 0.15) is 0 Å². The summed E-state index contributed by atoms with van der Waals surface area (Å²) in [5.41, 5.74) is 1.20. The molecule has 0 heterocycles. The van der Waals surface area contributed by atoms with Crippen molar-refractivity contribution in [3.05, 3.63) is 34.9 Å². The minimum absolute atomic E-state index is 0.185. The lowest BCUT2D eigenvalue weighted by Crippen LogP contribution is -2.27. The summed E-state index contributed by atoms with van der Waals surface area (Å²) in [6.45, 7) is 4.66. The summed E-state index contributed by atoms with van der Waals surface area (Å²) >= 11 is 0. The molecule has 1 fully saturated rings. The summed E-state index contributed by atoms with van der Waals surface area (Å²) in [7, 11) is 0. The summed E-state index contributed by atoms with van der Waals surface area (Å²) in [6.07, 6.45) is 0.527. The standard InChI is InChI=1S/C16H22F3N/c1-3-20-15(12-6-4-5-7-12)14-9-8-13(10-11(14)2)16(17,18)19/h8-10,12,15,20H,3-7H2,1-2H3. The van der Waals surface area contributed by atoms with Crippen LogP contribution >= 0.6 is 0 Å². The number of alkyl halides is 3. The molecule has 20 heavy (non-hydrogen) atoms. The van der Waals surface area contributed by atoms with Crippen molar-refractivity contribution in [2.75, 3.05) is 6.54 Å². The van der Waals surface area contributed by atoms with Crippen molar-refractivity contribution in [3.63, 3.8) is 0 Å². The van der Waals surface area contributed by atoms with Crippen molar-refractivity contribution in [2.24, 2.45) is 5.92 Å². The van der Waals surface area contributed by atoms with Crippen LogP contribution in [0.5, 0.6) is 0 Å². The highest BCUT2D eigenvalue weighted by atomic mass is 19.4. The molecule has 1 unspecified atom stereocenters. The first-order chi connectivity index (χ1) is 9.43. The van der Waals surface area contributed by atoms with Gasteiger partial charge in [0.2, 0.25) is 0 Å². The minimum Gasteiger partial charge on any atom is -0.310 e. The molecule has 1 aromatic rings. The lowest BCUT2D eigenvalue weighted by Gasteiger charge is -2.27. The van der Waals surface area contributed by atoms with Gasteiger partial charge in [0, 0.05) is 6.04 Å². The van der Waals surface area contributed by atoms with Crippen molar-refractivity contribution in [1.29, 1.82) is 0 Å². The van der Waals surface area contributed by atoms with Gasteiger partial charge in [-0.05, 0) is 55.5 Å². The maximum Gasteiger partial charge on any atom is 0.416 e. The Morgan fingerprint density at radius 2 is 1.90 bits per heavy atom. The van der Waals surface area contributed by atoms with E-state index in [-0.39, 0.29) is 6.04 Å². The highest BCUT2D eigenvalue weighted by Crippen LogP contribution is 2.38. The Labute approximate surface area is 118 Å². The highest BCUT2D eigenvalue weighted by molar-refractivity contribution is 5.35. The molecule has 0 aliphatic heterocycles. The predicted octanol–water partition coefficient (Wildman–Crippen LogP) is 4.85. The Kier molecular flexibility index (Phi) is 4.74. The molecule has 1 saturated carbocycles. The van der Waals surface area contributed by atoms with Crippen LogP contribution in [0.15, 0.2) is 18.2 Å². The largest absolute Gasteiger partial charge is 0.416 e. The molecule has 1 atom stereocenters. The Balaban J connectivity index is 2.29. The van der Waals surface area contributed by atoms with Gasteiger partial charge >= 0.3 is 6.18 Å². The molecule has 0 aromatic heterocycles. The second-order valence-corrected chi connectivity index (χ2v) is 5.65. The first kappa shape index (κ1) is 15.4. The van der Waals surface area contributed by atoms with E-state index in [1.54, 1.807) is 13.0 Å². The Morgan fingerprint density at radius 3 is 2.40 bits per heavy atom. The van der Waals surface area contributed by atoms with Crippen molar-refractivity contribution >= 4 is 0 Å². The van der Waals surface area contributed by atoms with Gasteiger partial charge < -0.3 is 5.32 Å². The molecule has 1 aliphatic carbocycles. The van der Waals surface area contributed by atoms with E-state index in [2.05, 4.69) is 5.32 Å². The third-order valence-corrected chi connectivity index (χ3v) is 4.23. The normalized spacial score (nSPS) is 18.4. The zero-order valence-corrected chi connectivity index (χ0v) is 12.1. The van der Waals surface area contributed by atoms with E-state index in [4.69, 9.17) is 0 Å². The van der Waals surface area contributed by atoms with Gasteiger partial charge in [0.15, 0.2) is 0 Å². The molecule has 0 bridgehead atoms. The second kappa shape index (κ2) is 6.17. The van der Waals surface area contributed by atoms with Crippen LogP contribution in [0, 0.1) is 12.8 Å². The molecule has 1 nitrogen and oxygen atoms in total. The lowest BCUT2D eigenvalue weighted by atomic mass is 9.88.